The topological polar surface area (TPSA) is 89.7 Å². The van der Waals surface area contributed by atoms with Gasteiger partial charge in [0.15, 0.2) is 0 Å². The van der Waals surface area contributed by atoms with Gasteiger partial charge in [-0.3, -0.25) is 10.1 Å². The molecule has 0 aliphatic rings. The van der Waals surface area contributed by atoms with Crippen LogP contribution >= 0.6 is 11.6 Å². The molecule has 0 saturated heterocycles. The highest BCUT2D eigenvalue weighted by Crippen LogP contribution is 2.30. The van der Waals surface area contributed by atoms with Crippen molar-refractivity contribution in [2.45, 2.75) is 0 Å². The van der Waals surface area contributed by atoms with Crippen molar-refractivity contribution in [3.63, 3.8) is 0 Å². The summed E-state index contributed by atoms with van der Waals surface area (Å²) < 4.78 is 4.92. The lowest BCUT2D eigenvalue weighted by Gasteiger charge is -2.03. The van der Waals surface area contributed by atoms with Crippen molar-refractivity contribution < 1.29 is 19.6 Å². The molecule has 0 aliphatic heterocycles. The molecule has 0 radical (unpaired) electrons. The quantitative estimate of drug-likeness (QED) is 0.306. The Bertz CT molecular complexity index is 757. The van der Waals surface area contributed by atoms with E-state index < -0.39 is 16.6 Å². The SMILES string of the molecule is O=C(/C=C/c1ccccc1O)Oc1ccc(Cl)cc1[N+](=O)[O-]. The maximum atomic E-state index is 11.7. The second-order valence-electron chi connectivity index (χ2n) is 4.18. The van der Waals surface area contributed by atoms with Crippen molar-refractivity contribution in [1.29, 1.82) is 0 Å². The fourth-order valence-corrected chi connectivity index (χ4v) is 1.81. The molecule has 0 amide bonds. The van der Waals surface area contributed by atoms with E-state index >= 15 is 0 Å². The Labute approximate surface area is 130 Å². The van der Waals surface area contributed by atoms with E-state index in [4.69, 9.17) is 16.3 Å². The highest BCUT2D eigenvalue weighted by atomic mass is 35.5. The molecule has 0 unspecified atom stereocenters. The Morgan fingerprint density at radius 3 is 2.68 bits per heavy atom. The highest BCUT2D eigenvalue weighted by Gasteiger charge is 2.17. The zero-order chi connectivity index (χ0) is 16.1. The number of halogens is 1. The number of hydrogen-bond donors (Lipinski definition) is 1. The van der Waals surface area contributed by atoms with Crippen molar-refractivity contribution in [1.82, 2.24) is 0 Å². The van der Waals surface area contributed by atoms with Gasteiger partial charge in [-0.15, -0.1) is 0 Å². The van der Waals surface area contributed by atoms with E-state index in [2.05, 4.69) is 0 Å². The number of aromatic hydroxyl groups is 1. The molecule has 0 aliphatic carbocycles. The first-order valence-corrected chi connectivity index (χ1v) is 6.47. The number of phenolic OH excluding ortho intramolecular Hbond substituents is 1. The number of hydrogen-bond acceptors (Lipinski definition) is 5. The first-order valence-electron chi connectivity index (χ1n) is 6.09. The molecular weight excluding hydrogens is 310 g/mol. The van der Waals surface area contributed by atoms with Crippen molar-refractivity contribution in [2.24, 2.45) is 0 Å². The third-order valence-corrected chi connectivity index (χ3v) is 2.90. The molecule has 0 atom stereocenters. The number of rotatable bonds is 4. The third-order valence-electron chi connectivity index (χ3n) is 2.66. The number of nitro groups is 1. The largest absolute Gasteiger partial charge is 0.507 e. The molecule has 0 spiro atoms. The fourth-order valence-electron chi connectivity index (χ4n) is 1.65. The number of nitro benzene ring substituents is 1. The van der Waals surface area contributed by atoms with Crippen molar-refractivity contribution >= 4 is 29.3 Å². The van der Waals surface area contributed by atoms with Crippen molar-refractivity contribution in [2.75, 3.05) is 0 Å². The van der Waals surface area contributed by atoms with Gasteiger partial charge in [0.25, 0.3) is 0 Å². The fraction of sp³-hybridized carbons (Fsp3) is 0. The van der Waals surface area contributed by atoms with Crippen LogP contribution in [0.4, 0.5) is 5.69 Å². The minimum atomic E-state index is -0.811. The predicted molar refractivity (Wildman–Crippen MR) is 80.9 cm³/mol. The summed E-state index contributed by atoms with van der Waals surface area (Å²) in [5.74, 6) is -1.01. The summed E-state index contributed by atoms with van der Waals surface area (Å²) in [6.45, 7) is 0. The van der Waals surface area contributed by atoms with Gasteiger partial charge in [-0.2, -0.15) is 0 Å². The predicted octanol–water partition coefficient (Wildman–Crippen LogP) is 3.57. The summed E-state index contributed by atoms with van der Waals surface area (Å²) in [6.07, 6.45) is 2.41. The molecule has 0 saturated carbocycles. The van der Waals surface area contributed by atoms with E-state index in [1.807, 2.05) is 0 Å². The Hall–Kier alpha value is -2.86. The summed E-state index contributed by atoms with van der Waals surface area (Å²) in [6, 6.07) is 10.1. The number of phenols is 1. The number of esters is 1. The number of ether oxygens (including phenoxy) is 1. The van der Waals surface area contributed by atoms with Gasteiger partial charge in [0.1, 0.15) is 5.75 Å². The second-order valence-corrected chi connectivity index (χ2v) is 4.62. The van der Waals surface area contributed by atoms with Crippen molar-refractivity contribution in [3.8, 4) is 11.5 Å². The van der Waals surface area contributed by atoms with Crippen LogP contribution in [0.2, 0.25) is 5.02 Å². The molecule has 7 heteroatoms. The van der Waals surface area contributed by atoms with Gasteiger partial charge in [0.05, 0.1) is 4.92 Å². The zero-order valence-corrected chi connectivity index (χ0v) is 11.9. The Morgan fingerprint density at radius 2 is 2.00 bits per heavy atom. The summed E-state index contributed by atoms with van der Waals surface area (Å²) >= 11 is 5.67. The van der Waals surface area contributed by atoms with Gasteiger partial charge < -0.3 is 9.84 Å². The number of carbonyl (C=O) groups excluding carboxylic acids is 1. The maximum absolute atomic E-state index is 11.7. The summed E-state index contributed by atoms with van der Waals surface area (Å²) in [4.78, 5) is 21.9. The highest BCUT2D eigenvalue weighted by molar-refractivity contribution is 6.30. The van der Waals surface area contributed by atoms with Crippen LogP contribution in [0.1, 0.15) is 5.56 Å². The Kier molecular flexibility index (Phi) is 4.75. The Morgan fingerprint density at radius 1 is 1.27 bits per heavy atom. The lowest BCUT2D eigenvalue weighted by atomic mass is 10.2. The summed E-state index contributed by atoms with van der Waals surface area (Å²) in [5, 5.41) is 20.6. The van der Waals surface area contributed by atoms with E-state index in [1.54, 1.807) is 18.2 Å². The smallest absolute Gasteiger partial charge is 0.336 e. The third kappa shape index (κ3) is 3.83. The average molecular weight is 320 g/mol. The van der Waals surface area contributed by atoms with Gasteiger partial charge in [-0.05, 0) is 24.3 Å². The zero-order valence-electron chi connectivity index (χ0n) is 11.1. The van der Waals surface area contributed by atoms with Crippen LogP contribution in [0.15, 0.2) is 48.5 Å². The standard InChI is InChI=1S/C15H10ClNO5/c16-11-6-7-14(12(9-11)17(20)21)22-15(19)8-5-10-3-1-2-4-13(10)18/h1-9,18H/b8-5+. The molecular formula is C15H10ClNO5. The first kappa shape index (κ1) is 15.5. The number of nitrogens with zero attached hydrogens (tertiary/aromatic N) is 1. The maximum Gasteiger partial charge on any atom is 0.336 e. The van der Waals surface area contributed by atoms with Crippen LogP contribution in [-0.4, -0.2) is 16.0 Å². The van der Waals surface area contributed by atoms with Gasteiger partial charge in [-0.1, -0.05) is 29.8 Å². The number of benzene rings is 2. The van der Waals surface area contributed by atoms with Gasteiger partial charge in [0, 0.05) is 22.7 Å². The summed E-state index contributed by atoms with van der Waals surface area (Å²) in [5.41, 5.74) is 0.0156. The number of para-hydroxylation sites is 1. The minimum absolute atomic E-state index is 0.00373. The minimum Gasteiger partial charge on any atom is -0.507 e. The molecule has 22 heavy (non-hydrogen) atoms. The first-order chi connectivity index (χ1) is 10.5. The van der Waals surface area contributed by atoms with Crippen LogP contribution in [0.3, 0.4) is 0 Å². The molecule has 0 aromatic heterocycles. The van der Waals surface area contributed by atoms with Gasteiger partial charge in [0.2, 0.25) is 5.75 Å². The van der Waals surface area contributed by atoms with Crippen LogP contribution in [-0.2, 0) is 4.79 Å². The average Bonchev–Trinajstić information content (AvgIpc) is 2.48. The molecule has 0 heterocycles. The lowest BCUT2D eigenvalue weighted by molar-refractivity contribution is -0.385. The van der Waals surface area contributed by atoms with E-state index in [9.17, 15) is 20.0 Å². The summed E-state index contributed by atoms with van der Waals surface area (Å²) in [7, 11) is 0. The van der Waals surface area contributed by atoms with E-state index in [-0.39, 0.29) is 16.5 Å². The molecule has 2 aromatic rings. The normalized spacial score (nSPS) is 10.6. The van der Waals surface area contributed by atoms with Crippen LogP contribution in [0, 0.1) is 10.1 Å². The monoisotopic (exact) mass is 319 g/mol. The molecule has 1 N–H and O–H groups in total. The Balaban J connectivity index is 2.16. The second kappa shape index (κ2) is 6.73. The molecule has 0 bridgehead atoms. The number of carbonyl (C=O) groups is 1. The van der Waals surface area contributed by atoms with E-state index in [1.165, 1.54) is 24.3 Å². The van der Waals surface area contributed by atoms with Crippen LogP contribution in [0.25, 0.3) is 6.08 Å². The molecule has 2 rings (SSSR count). The van der Waals surface area contributed by atoms with Gasteiger partial charge in [-0.25, -0.2) is 4.79 Å². The molecule has 112 valence electrons. The lowest BCUT2D eigenvalue weighted by Crippen LogP contribution is -2.05. The van der Waals surface area contributed by atoms with Crippen LogP contribution < -0.4 is 4.74 Å². The molecule has 0 fully saturated rings. The molecule has 2 aromatic carbocycles. The van der Waals surface area contributed by atoms with E-state index in [0.29, 0.717) is 5.56 Å². The molecule has 6 nitrogen and oxygen atoms in total. The van der Waals surface area contributed by atoms with Crippen LogP contribution in [0.5, 0.6) is 11.5 Å². The van der Waals surface area contributed by atoms with Crippen molar-refractivity contribution in [3.05, 3.63) is 69.2 Å². The van der Waals surface area contributed by atoms with Gasteiger partial charge >= 0.3 is 11.7 Å². The van der Waals surface area contributed by atoms with E-state index in [0.717, 1.165) is 12.1 Å².